The summed E-state index contributed by atoms with van der Waals surface area (Å²) in [5, 5.41) is 8.90. The van der Waals surface area contributed by atoms with Gasteiger partial charge in [-0.05, 0) is 76.2 Å². The highest BCUT2D eigenvalue weighted by molar-refractivity contribution is 6.25. The molecule has 0 saturated carbocycles. The molecule has 4 heteroatoms. The maximum absolute atomic E-state index is 6.78. The number of aliphatic imine (C=N–C) groups is 1. The Balaban J connectivity index is 1.01. The van der Waals surface area contributed by atoms with E-state index in [1.54, 1.807) is 0 Å². The number of benzene rings is 8. The van der Waals surface area contributed by atoms with Crippen LogP contribution >= 0.6 is 0 Å². The number of aromatic nitrogens is 2. The molecule has 0 unspecified atom stereocenters. The van der Waals surface area contributed by atoms with Crippen LogP contribution in [0.25, 0.3) is 98.9 Å². The minimum absolute atomic E-state index is 0.867. The molecule has 11 aromatic rings. The number of para-hydroxylation sites is 1. The van der Waals surface area contributed by atoms with E-state index < -0.39 is 0 Å². The van der Waals surface area contributed by atoms with Crippen molar-refractivity contribution in [3.05, 3.63) is 187 Å². The number of nitrogens with zero attached hydrogens (tertiary/aromatic N) is 3. The SMILES string of the molecule is c1ccc(C2=Nc3c(ccc4ccc(-c5ccc(-c6ccc7oc8c(ccc9c(-c%10ccccc%10)nc%10ccccc%10c98)c7c6)c6ccccc56)nc34)CC2)cc1. The van der Waals surface area contributed by atoms with E-state index in [1.165, 1.54) is 22.1 Å². The van der Waals surface area contributed by atoms with Gasteiger partial charge in [0.1, 0.15) is 11.2 Å². The fourth-order valence-corrected chi connectivity index (χ4v) is 9.00. The molecule has 4 heterocycles. The molecular formula is C53H33N3O. The zero-order chi connectivity index (χ0) is 37.5. The number of fused-ring (bicyclic) bond motifs is 11. The van der Waals surface area contributed by atoms with Crippen LogP contribution in [-0.2, 0) is 6.42 Å². The summed E-state index contributed by atoms with van der Waals surface area (Å²) in [4.78, 5) is 15.7. The molecule has 0 amide bonds. The number of furan rings is 1. The lowest BCUT2D eigenvalue weighted by Crippen LogP contribution is -2.08. The lowest BCUT2D eigenvalue weighted by molar-refractivity contribution is 0.673. The van der Waals surface area contributed by atoms with Crippen LogP contribution in [0.2, 0.25) is 0 Å². The molecule has 12 rings (SSSR count). The highest BCUT2D eigenvalue weighted by Crippen LogP contribution is 2.43. The van der Waals surface area contributed by atoms with Crippen molar-refractivity contribution < 1.29 is 4.42 Å². The number of hydrogen-bond acceptors (Lipinski definition) is 4. The van der Waals surface area contributed by atoms with E-state index in [-0.39, 0.29) is 0 Å². The average Bonchev–Trinajstić information content (AvgIpc) is 3.66. The molecular weight excluding hydrogens is 695 g/mol. The molecule has 0 N–H and O–H groups in total. The van der Waals surface area contributed by atoms with Crippen LogP contribution in [0.15, 0.2) is 185 Å². The highest BCUT2D eigenvalue weighted by Gasteiger charge is 2.20. The smallest absolute Gasteiger partial charge is 0.144 e. The lowest BCUT2D eigenvalue weighted by Gasteiger charge is -2.18. The number of aryl methyl sites for hydroxylation is 1. The van der Waals surface area contributed by atoms with Gasteiger partial charge in [0.2, 0.25) is 0 Å². The van der Waals surface area contributed by atoms with Gasteiger partial charge in [-0.1, -0.05) is 146 Å². The first kappa shape index (κ1) is 31.9. The molecule has 4 nitrogen and oxygen atoms in total. The van der Waals surface area contributed by atoms with Crippen molar-refractivity contribution in [2.75, 3.05) is 0 Å². The molecule has 266 valence electrons. The van der Waals surface area contributed by atoms with Crippen molar-refractivity contribution in [1.29, 1.82) is 0 Å². The molecule has 0 bridgehead atoms. The normalized spacial score (nSPS) is 12.9. The first-order chi connectivity index (χ1) is 28.2. The van der Waals surface area contributed by atoms with E-state index in [4.69, 9.17) is 19.4 Å². The summed E-state index contributed by atoms with van der Waals surface area (Å²) >= 11 is 0. The van der Waals surface area contributed by atoms with Gasteiger partial charge in [0, 0.05) is 49.2 Å². The zero-order valence-corrected chi connectivity index (χ0v) is 30.9. The Morgan fingerprint density at radius 2 is 1.16 bits per heavy atom. The van der Waals surface area contributed by atoms with Gasteiger partial charge < -0.3 is 4.42 Å². The monoisotopic (exact) mass is 727 g/mol. The van der Waals surface area contributed by atoms with E-state index in [9.17, 15) is 0 Å². The first-order valence-electron chi connectivity index (χ1n) is 19.6. The second kappa shape index (κ2) is 12.6. The summed E-state index contributed by atoms with van der Waals surface area (Å²) in [7, 11) is 0. The van der Waals surface area contributed by atoms with Crippen molar-refractivity contribution >= 4 is 76.7 Å². The van der Waals surface area contributed by atoms with Gasteiger partial charge in [0.05, 0.1) is 28.1 Å². The molecule has 1 aliphatic rings. The van der Waals surface area contributed by atoms with Gasteiger partial charge in [-0.3, -0.25) is 4.99 Å². The summed E-state index contributed by atoms with van der Waals surface area (Å²) in [5.74, 6) is 0. The van der Waals surface area contributed by atoms with Crippen molar-refractivity contribution in [1.82, 2.24) is 9.97 Å². The topological polar surface area (TPSA) is 51.3 Å². The summed E-state index contributed by atoms with van der Waals surface area (Å²) in [6, 6.07) is 62.3. The van der Waals surface area contributed by atoms with Crippen LogP contribution in [0.4, 0.5) is 5.69 Å². The molecule has 0 aliphatic carbocycles. The third kappa shape index (κ3) is 5.04. The van der Waals surface area contributed by atoms with Crippen LogP contribution in [0.5, 0.6) is 0 Å². The van der Waals surface area contributed by atoms with Crippen LogP contribution in [0, 0.1) is 0 Å². The Morgan fingerprint density at radius 1 is 0.456 bits per heavy atom. The summed E-state index contributed by atoms with van der Waals surface area (Å²) in [5.41, 5.74) is 14.6. The third-order valence-corrected chi connectivity index (χ3v) is 11.8. The number of pyridine rings is 2. The molecule has 1 aliphatic heterocycles. The minimum atomic E-state index is 0.867. The average molecular weight is 728 g/mol. The second-order valence-electron chi connectivity index (χ2n) is 15.0. The predicted octanol–water partition coefficient (Wildman–Crippen LogP) is 14.1. The number of hydrogen-bond donors (Lipinski definition) is 0. The van der Waals surface area contributed by atoms with Crippen molar-refractivity contribution in [2.24, 2.45) is 4.99 Å². The van der Waals surface area contributed by atoms with Gasteiger partial charge >= 0.3 is 0 Å². The lowest BCUT2D eigenvalue weighted by atomic mass is 9.92. The second-order valence-corrected chi connectivity index (χ2v) is 15.0. The van der Waals surface area contributed by atoms with Crippen LogP contribution < -0.4 is 0 Å². The Labute approximate surface area is 328 Å². The van der Waals surface area contributed by atoms with Crippen LogP contribution in [0.1, 0.15) is 17.5 Å². The van der Waals surface area contributed by atoms with Crippen molar-refractivity contribution in [3.63, 3.8) is 0 Å². The summed E-state index contributed by atoms with van der Waals surface area (Å²) in [6.45, 7) is 0. The molecule has 0 spiro atoms. The Kier molecular flexibility index (Phi) is 7.02. The Morgan fingerprint density at radius 3 is 2.00 bits per heavy atom. The van der Waals surface area contributed by atoms with E-state index in [0.29, 0.717) is 0 Å². The molecule has 0 saturated heterocycles. The maximum atomic E-state index is 6.78. The van der Waals surface area contributed by atoms with Crippen LogP contribution in [-0.4, -0.2) is 15.7 Å². The maximum Gasteiger partial charge on any atom is 0.144 e. The van der Waals surface area contributed by atoms with Crippen molar-refractivity contribution in [2.45, 2.75) is 12.8 Å². The van der Waals surface area contributed by atoms with E-state index >= 15 is 0 Å². The van der Waals surface area contributed by atoms with Gasteiger partial charge in [0.25, 0.3) is 0 Å². The van der Waals surface area contributed by atoms with Gasteiger partial charge in [-0.25, -0.2) is 9.97 Å². The fourth-order valence-electron chi connectivity index (χ4n) is 9.00. The zero-order valence-electron chi connectivity index (χ0n) is 30.9. The van der Waals surface area contributed by atoms with Gasteiger partial charge in [-0.15, -0.1) is 0 Å². The molecule has 57 heavy (non-hydrogen) atoms. The predicted molar refractivity (Wildman–Crippen MR) is 237 cm³/mol. The minimum Gasteiger partial charge on any atom is -0.455 e. The third-order valence-electron chi connectivity index (χ3n) is 11.8. The summed E-state index contributed by atoms with van der Waals surface area (Å²) in [6.07, 6.45) is 1.88. The molecule has 8 aromatic carbocycles. The van der Waals surface area contributed by atoms with E-state index in [0.717, 1.165) is 112 Å². The quantitative estimate of drug-likeness (QED) is 0.170. The molecule has 3 aromatic heterocycles. The van der Waals surface area contributed by atoms with Crippen LogP contribution in [0.3, 0.4) is 0 Å². The Hall–Kier alpha value is -7.43. The standard InChI is InChI=1S/C53H33N3O/c1-3-11-32(12-4-1)45-28-21-34-19-20-35-22-29-47(56-52(35)51(34)54-45)40-25-24-37(38-15-7-8-16-39(38)40)36-23-30-48-44(31-36)41-26-27-43-49(53(41)57-48)42-17-9-10-18-46(42)55-50(43)33-13-5-2-6-14-33/h1-20,22-27,29-31H,21,28H2. The highest BCUT2D eigenvalue weighted by atomic mass is 16.3. The van der Waals surface area contributed by atoms with E-state index in [1.807, 2.05) is 6.07 Å². The molecule has 0 fully saturated rings. The fraction of sp³-hybridized carbons (Fsp3) is 0.0377. The van der Waals surface area contributed by atoms with Gasteiger partial charge in [-0.2, -0.15) is 0 Å². The van der Waals surface area contributed by atoms with E-state index in [2.05, 4.69) is 170 Å². The summed E-state index contributed by atoms with van der Waals surface area (Å²) < 4.78 is 6.78. The Bertz CT molecular complexity index is 3460. The van der Waals surface area contributed by atoms with Crippen molar-refractivity contribution in [3.8, 4) is 33.6 Å². The molecule has 0 radical (unpaired) electrons. The molecule has 0 atom stereocenters. The number of rotatable bonds is 4. The first-order valence-corrected chi connectivity index (χ1v) is 19.6. The largest absolute Gasteiger partial charge is 0.455 e. The van der Waals surface area contributed by atoms with Gasteiger partial charge in [0.15, 0.2) is 0 Å².